The lowest BCUT2D eigenvalue weighted by Gasteiger charge is -2.56. The molecule has 3 aliphatic rings. The molecule has 0 radical (unpaired) electrons. The van der Waals surface area contributed by atoms with Gasteiger partial charge in [-0.25, -0.2) is 4.79 Å². The largest absolute Gasteiger partial charge is 0.392 e. The topological polar surface area (TPSA) is 93.7 Å². The number of rotatable bonds is 7. The molecule has 7 nitrogen and oxygen atoms in total. The number of hydrogen-bond acceptors (Lipinski definition) is 4. The highest BCUT2D eigenvalue weighted by Gasteiger charge is 2.53. The van der Waals surface area contributed by atoms with Gasteiger partial charge in [-0.1, -0.05) is 20.8 Å². The number of amides is 3. The van der Waals surface area contributed by atoms with E-state index in [1.54, 1.807) is 0 Å². The van der Waals surface area contributed by atoms with Crippen molar-refractivity contribution < 1.29 is 14.7 Å². The molecule has 2 saturated carbocycles. The van der Waals surface area contributed by atoms with Crippen molar-refractivity contribution in [2.24, 2.45) is 29.1 Å². The molecule has 0 aromatic rings. The molecule has 31 heavy (non-hydrogen) atoms. The second-order valence-corrected chi connectivity index (χ2v) is 10.5. The third kappa shape index (κ3) is 5.54. The molecule has 3 fully saturated rings. The van der Waals surface area contributed by atoms with Gasteiger partial charge in [0.15, 0.2) is 0 Å². The smallest absolute Gasteiger partial charge is 0.315 e. The highest BCUT2D eigenvalue weighted by Crippen LogP contribution is 2.55. The molecule has 0 aromatic heterocycles. The summed E-state index contributed by atoms with van der Waals surface area (Å²) < 4.78 is 0. The molecule has 4 N–H and O–H groups in total. The number of likely N-dealkylation sites (tertiary alicyclic amines) is 1. The fraction of sp³-hybridized carbons (Fsp3) is 0.917. The van der Waals surface area contributed by atoms with Gasteiger partial charge in [-0.3, -0.25) is 4.79 Å². The van der Waals surface area contributed by atoms with Gasteiger partial charge in [0.05, 0.1) is 6.10 Å². The van der Waals surface area contributed by atoms with Crippen molar-refractivity contribution >= 4 is 11.9 Å². The molecule has 1 heterocycles. The Bertz CT molecular complexity index is 624. The Labute approximate surface area is 188 Å². The van der Waals surface area contributed by atoms with Crippen molar-refractivity contribution in [3.8, 4) is 0 Å². The van der Waals surface area contributed by atoms with Crippen molar-refractivity contribution in [2.75, 3.05) is 32.7 Å². The minimum absolute atomic E-state index is 0.0319. The van der Waals surface area contributed by atoms with Crippen molar-refractivity contribution in [3.05, 3.63) is 0 Å². The second-order valence-electron chi connectivity index (χ2n) is 10.5. The molecular weight excluding hydrogens is 392 g/mol. The molecule has 3 amide bonds. The summed E-state index contributed by atoms with van der Waals surface area (Å²) in [7, 11) is 0. The SMILES string of the molecule is CCNC(=O)NC1CCC2(C)CCC(C(C)C(=O)NCCN3CCCC3)C(O)C2C1C. The van der Waals surface area contributed by atoms with E-state index in [0.29, 0.717) is 13.1 Å². The number of aliphatic hydroxyl groups excluding tert-OH is 1. The normalized spacial score (nSPS) is 37.0. The molecule has 1 aliphatic heterocycles. The molecule has 0 bridgehead atoms. The van der Waals surface area contributed by atoms with E-state index < -0.39 is 6.10 Å². The molecule has 3 rings (SSSR count). The molecular formula is C24H44N4O3. The Morgan fingerprint density at radius 1 is 1.16 bits per heavy atom. The van der Waals surface area contributed by atoms with Crippen LogP contribution in [0.2, 0.25) is 0 Å². The van der Waals surface area contributed by atoms with Gasteiger partial charge in [0.1, 0.15) is 0 Å². The first-order valence-electron chi connectivity index (χ1n) is 12.5. The van der Waals surface area contributed by atoms with Crippen LogP contribution in [-0.4, -0.2) is 66.8 Å². The highest BCUT2D eigenvalue weighted by molar-refractivity contribution is 5.78. The number of aliphatic hydroxyl groups is 1. The molecule has 7 unspecified atom stereocenters. The van der Waals surface area contributed by atoms with Gasteiger partial charge in [-0.05, 0) is 81.7 Å². The maximum Gasteiger partial charge on any atom is 0.315 e. The second kappa shape index (κ2) is 10.5. The first kappa shape index (κ1) is 24.3. The fourth-order valence-electron chi connectivity index (χ4n) is 6.58. The Hall–Kier alpha value is -1.34. The van der Waals surface area contributed by atoms with Gasteiger partial charge in [0.2, 0.25) is 5.91 Å². The quantitative estimate of drug-likeness (QED) is 0.493. The van der Waals surface area contributed by atoms with Crippen molar-refractivity contribution in [1.29, 1.82) is 0 Å². The monoisotopic (exact) mass is 436 g/mol. The van der Waals surface area contributed by atoms with Crippen LogP contribution in [0.3, 0.4) is 0 Å². The number of nitrogens with one attached hydrogen (secondary N) is 3. The van der Waals surface area contributed by atoms with Crippen LogP contribution in [0.5, 0.6) is 0 Å². The lowest BCUT2D eigenvalue weighted by Crippen LogP contribution is -2.59. The summed E-state index contributed by atoms with van der Waals surface area (Å²) in [5.74, 6) is 0.0845. The van der Waals surface area contributed by atoms with E-state index >= 15 is 0 Å². The zero-order valence-electron chi connectivity index (χ0n) is 20.0. The van der Waals surface area contributed by atoms with Crippen molar-refractivity contribution in [2.45, 2.75) is 78.4 Å². The number of fused-ring (bicyclic) bond motifs is 1. The number of urea groups is 1. The van der Waals surface area contributed by atoms with E-state index in [-0.39, 0.29) is 47.1 Å². The van der Waals surface area contributed by atoms with Crippen LogP contribution in [0.4, 0.5) is 4.79 Å². The predicted molar refractivity (Wildman–Crippen MR) is 123 cm³/mol. The zero-order chi connectivity index (χ0) is 22.6. The lowest BCUT2D eigenvalue weighted by molar-refractivity contribution is -0.141. The summed E-state index contributed by atoms with van der Waals surface area (Å²) in [6.07, 6.45) is 5.85. The number of nitrogens with zero attached hydrogens (tertiary/aromatic N) is 1. The summed E-state index contributed by atoms with van der Waals surface area (Å²) in [4.78, 5) is 27.4. The molecule has 2 aliphatic carbocycles. The van der Waals surface area contributed by atoms with Crippen LogP contribution in [0.1, 0.15) is 66.2 Å². The molecule has 7 atom stereocenters. The Morgan fingerprint density at radius 2 is 1.84 bits per heavy atom. The predicted octanol–water partition coefficient (Wildman–Crippen LogP) is 2.35. The fourth-order valence-corrected chi connectivity index (χ4v) is 6.58. The van der Waals surface area contributed by atoms with E-state index in [4.69, 9.17) is 0 Å². The van der Waals surface area contributed by atoms with Gasteiger partial charge in [0.25, 0.3) is 0 Å². The summed E-state index contributed by atoms with van der Waals surface area (Å²) in [5.41, 5.74) is 0.0701. The average molecular weight is 437 g/mol. The zero-order valence-corrected chi connectivity index (χ0v) is 20.0. The van der Waals surface area contributed by atoms with E-state index in [2.05, 4.69) is 34.7 Å². The lowest BCUT2D eigenvalue weighted by atomic mass is 9.52. The number of carbonyl (C=O) groups excluding carboxylic acids is 2. The van der Waals surface area contributed by atoms with Crippen LogP contribution in [-0.2, 0) is 4.79 Å². The Balaban J connectivity index is 1.59. The molecule has 0 aromatic carbocycles. The first-order valence-corrected chi connectivity index (χ1v) is 12.5. The van der Waals surface area contributed by atoms with Crippen molar-refractivity contribution in [1.82, 2.24) is 20.9 Å². The van der Waals surface area contributed by atoms with Crippen LogP contribution in [0.25, 0.3) is 0 Å². The van der Waals surface area contributed by atoms with Gasteiger partial charge in [-0.2, -0.15) is 0 Å². The van der Waals surface area contributed by atoms with E-state index in [1.165, 1.54) is 12.8 Å². The summed E-state index contributed by atoms with van der Waals surface area (Å²) in [6, 6.07) is -0.0711. The van der Waals surface area contributed by atoms with Crippen LogP contribution < -0.4 is 16.0 Å². The standard InChI is InChI=1S/C24H44N4O3/c1-5-25-23(31)27-19-9-11-24(4)10-8-18(21(29)20(24)17(19)3)16(2)22(30)26-12-15-28-13-6-7-14-28/h16-21,29H,5-15H2,1-4H3,(H,26,30)(H2,25,27,31). The summed E-state index contributed by atoms with van der Waals surface area (Å²) in [6.45, 7) is 12.8. The Kier molecular flexibility index (Phi) is 8.25. The maximum absolute atomic E-state index is 12.9. The third-order valence-electron chi connectivity index (χ3n) is 8.52. The number of hydrogen-bond donors (Lipinski definition) is 4. The minimum atomic E-state index is -0.521. The van der Waals surface area contributed by atoms with Crippen LogP contribution in [0.15, 0.2) is 0 Å². The molecule has 0 spiro atoms. The summed E-state index contributed by atoms with van der Waals surface area (Å²) in [5, 5.41) is 20.5. The first-order chi connectivity index (χ1) is 14.8. The van der Waals surface area contributed by atoms with Crippen molar-refractivity contribution in [3.63, 3.8) is 0 Å². The third-order valence-corrected chi connectivity index (χ3v) is 8.52. The maximum atomic E-state index is 12.9. The van der Waals surface area contributed by atoms with Crippen LogP contribution in [0, 0.1) is 29.1 Å². The van der Waals surface area contributed by atoms with Gasteiger partial charge in [0, 0.05) is 31.6 Å². The molecule has 1 saturated heterocycles. The van der Waals surface area contributed by atoms with Gasteiger partial charge < -0.3 is 26.0 Å². The van der Waals surface area contributed by atoms with Crippen LogP contribution >= 0.6 is 0 Å². The number of carbonyl (C=O) groups is 2. The minimum Gasteiger partial charge on any atom is -0.392 e. The van der Waals surface area contributed by atoms with E-state index in [1.807, 2.05) is 13.8 Å². The van der Waals surface area contributed by atoms with E-state index in [0.717, 1.165) is 45.3 Å². The van der Waals surface area contributed by atoms with Gasteiger partial charge in [-0.15, -0.1) is 0 Å². The average Bonchev–Trinajstić information content (AvgIpc) is 3.23. The van der Waals surface area contributed by atoms with Gasteiger partial charge >= 0.3 is 6.03 Å². The Morgan fingerprint density at radius 3 is 2.52 bits per heavy atom. The molecule has 178 valence electrons. The highest BCUT2D eigenvalue weighted by atomic mass is 16.3. The molecule has 7 heteroatoms. The van der Waals surface area contributed by atoms with E-state index in [9.17, 15) is 14.7 Å². The summed E-state index contributed by atoms with van der Waals surface area (Å²) >= 11 is 0.